The molecule has 1 aromatic carbocycles. The summed E-state index contributed by atoms with van der Waals surface area (Å²) in [5, 5.41) is 0. The van der Waals surface area contributed by atoms with E-state index in [2.05, 4.69) is 55.9 Å². The van der Waals surface area contributed by atoms with Gasteiger partial charge in [0, 0.05) is 25.2 Å². The Morgan fingerprint density at radius 3 is 2.85 bits per heavy atom. The molecule has 3 nitrogen and oxygen atoms in total. The molecule has 2 unspecified atom stereocenters. The smallest absolute Gasteiger partial charge is 0.0427 e. The number of aryl methyl sites for hydroxylation is 2. The molecule has 2 rings (SSSR count). The molecule has 112 valence electrons. The summed E-state index contributed by atoms with van der Waals surface area (Å²) < 4.78 is 0. The maximum Gasteiger partial charge on any atom is 0.0427 e. The zero-order chi connectivity index (χ0) is 14.7. The van der Waals surface area contributed by atoms with E-state index in [1.165, 1.54) is 36.1 Å². The zero-order valence-corrected chi connectivity index (χ0v) is 13.4. The Labute approximate surface area is 123 Å². The number of hydrogen-bond donors (Lipinski definition) is 1. The van der Waals surface area contributed by atoms with Crippen molar-refractivity contribution in [3.8, 4) is 0 Å². The largest absolute Gasteiger partial charge is 0.323 e. The minimum atomic E-state index is 0.104. The Kier molecular flexibility index (Phi) is 5.19. The van der Waals surface area contributed by atoms with E-state index in [-0.39, 0.29) is 6.04 Å². The minimum Gasteiger partial charge on any atom is -0.323 e. The van der Waals surface area contributed by atoms with Gasteiger partial charge in [-0.25, -0.2) is 0 Å². The van der Waals surface area contributed by atoms with Crippen LogP contribution in [0.3, 0.4) is 0 Å². The van der Waals surface area contributed by atoms with Gasteiger partial charge in [0.15, 0.2) is 0 Å². The highest BCUT2D eigenvalue weighted by molar-refractivity contribution is 5.33. The van der Waals surface area contributed by atoms with Crippen molar-refractivity contribution in [2.45, 2.75) is 38.8 Å². The number of rotatable bonds is 4. The van der Waals surface area contributed by atoms with Crippen molar-refractivity contribution in [2.75, 3.05) is 33.7 Å². The van der Waals surface area contributed by atoms with E-state index in [4.69, 9.17) is 5.73 Å². The Morgan fingerprint density at radius 2 is 2.15 bits per heavy atom. The van der Waals surface area contributed by atoms with Gasteiger partial charge in [-0.05, 0) is 58.5 Å². The average Bonchev–Trinajstić information content (AvgIpc) is 2.41. The highest BCUT2D eigenvalue weighted by Gasteiger charge is 2.23. The molecular formula is C17H29N3. The summed E-state index contributed by atoms with van der Waals surface area (Å²) in [4.78, 5) is 4.87. The number of piperidine rings is 1. The SMILES string of the molecule is Cc1ccc(C)c(C(N)CN(C)C2CCCN(C)C2)c1. The van der Waals surface area contributed by atoms with Crippen LogP contribution in [0.4, 0.5) is 0 Å². The van der Waals surface area contributed by atoms with E-state index >= 15 is 0 Å². The topological polar surface area (TPSA) is 32.5 Å². The normalized spacial score (nSPS) is 22.2. The molecule has 0 aromatic heterocycles. The molecule has 1 aliphatic rings. The standard InChI is InChI=1S/C17H29N3/c1-13-7-8-14(2)16(10-13)17(18)12-20(4)15-6-5-9-19(3)11-15/h7-8,10,15,17H,5-6,9,11-12,18H2,1-4H3. The lowest BCUT2D eigenvalue weighted by molar-refractivity contribution is 0.129. The van der Waals surface area contributed by atoms with Crippen LogP contribution in [-0.2, 0) is 0 Å². The monoisotopic (exact) mass is 275 g/mol. The van der Waals surface area contributed by atoms with Gasteiger partial charge in [0.05, 0.1) is 0 Å². The highest BCUT2D eigenvalue weighted by Crippen LogP contribution is 2.20. The molecule has 0 spiro atoms. The van der Waals surface area contributed by atoms with Crippen LogP contribution in [0.5, 0.6) is 0 Å². The highest BCUT2D eigenvalue weighted by atomic mass is 15.2. The lowest BCUT2D eigenvalue weighted by atomic mass is 9.98. The first-order valence-corrected chi connectivity index (χ1v) is 7.69. The van der Waals surface area contributed by atoms with Crippen LogP contribution in [0, 0.1) is 13.8 Å². The molecule has 1 fully saturated rings. The first-order valence-electron chi connectivity index (χ1n) is 7.69. The molecule has 2 N–H and O–H groups in total. The second-order valence-corrected chi connectivity index (χ2v) is 6.46. The van der Waals surface area contributed by atoms with E-state index in [0.29, 0.717) is 6.04 Å². The molecule has 3 heteroatoms. The molecule has 0 saturated carbocycles. The molecule has 0 bridgehead atoms. The molecule has 0 aliphatic carbocycles. The maximum atomic E-state index is 6.45. The molecule has 1 aliphatic heterocycles. The molecule has 1 aromatic rings. The van der Waals surface area contributed by atoms with Gasteiger partial charge in [-0.3, -0.25) is 0 Å². The van der Waals surface area contributed by atoms with Gasteiger partial charge in [-0.2, -0.15) is 0 Å². The summed E-state index contributed by atoms with van der Waals surface area (Å²) in [6.45, 7) is 7.62. The quantitative estimate of drug-likeness (QED) is 0.915. The summed E-state index contributed by atoms with van der Waals surface area (Å²) in [5.41, 5.74) is 10.3. The summed E-state index contributed by atoms with van der Waals surface area (Å²) >= 11 is 0. The lowest BCUT2D eigenvalue weighted by Crippen LogP contribution is -2.46. The Balaban J connectivity index is 1.99. The van der Waals surface area contributed by atoms with Crippen molar-refractivity contribution < 1.29 is 0 Å². The molecule has 0 amide bonds. The third kappa shape index (κ3) is 3.81. The Hall–Kier alpha value is -0.900. The van der Waals surface area contributed by atoms with Gasteiger partial charge in [-0.1, -0.05) is 23.8 Å². The molecule has 1 saturated heterocycles. The Morgan fingerprint density at radius 1 is 1.40 bits per heavy atom. The zero-order valence-electron chi connectivity index (χ0n) is 13.4. The summed E-state index contributed by atoms with van der Waals surface area (Å²) in [5.74, 6) is 0. The van der Waals surface area contributed by atoms with Crippen molar-refractivity contribution in [1.29, 1.82) is 0 Å². The molecule has 2 atom stereocenters. The second-order valence-electron chi connectivity index (χ2n) is 6.46. The van der Waals surface area contributed by atoms with E-state index in [1.807, 2.05) is 0 Å². The number of likely N-dealkylation sites (tertiary alicyclic amines) is 1. The number of likely N-dealkylation sites (N-methyl/N-ethyl adjacent to an activating group) is 2. The molecular weight excluding hydrogens is 246 g/mol. The fourth-order valence-electron chi connectivity index (χ4n) is 3.22. The van der Waals surface area contributed by atoms with Crippen LogP contribution in [0.2, 0.25) is 0 Å². The van der Waals surface area contributed by atoms with Crippen LogP contribution in [-0.4, -0.2) is 49.6 Å². The number of nitrogens with two attached hydrogens (primary N) is 1. The van der Waals surface area contributed by atoms with Crippen molar-refractivity contribution in [3.05, 3.63) is 34.9 Å². The number of nitrogens with zero attached hydrogens (tertiary/aromatic N) is 2. The third-order valence-electron chi connectivity index (χ3n) is 4.54. The lowest BCUT2D eigenvalue weighted by Gasteiger charge is -2.37. The van der Waals surface area contributed by atoms with Crippen LogP contribution in [0.25, 0.3) is 0 Å². The average molecular weight is 275 g/mol. The molecule has 0 radical (unpaired) electrons. The molecule has 20 heavy (non-hydrogen) atoms. The third-order valence-corrected chi connectivity index (χ3v) is 4.54. The van der Waals surface area contributed by atoms with Crippen LogP contribution in [0.15, 0.2) is 18.2 Å². The fourth-order valence-corrected chi connectivity index (χ4v) is 3.22. The summed E-state index contributed by atoms with van der Waals surface area (Å²) in [7, 11) is 4.43. The van der Waals surface area contributed by atoms with Gasteiger partial charge < -0.3 is 15.5 Å². The van der Waals surface area contributed by atoms with E-state index in [1.54, 1.807) is 0 Å². The van der Waals surface area contributed by atoms with Crippen LogP contribution < -0.4 is 5.73 Å². The van der Waals surface area contributed by atoms with Crippen molar-refractivity contribution in [3.63, 3.8) is 0 Å². The first-order chi connectivity index (χ1) is 9.47. The summed E-state index contributed by atoms with van der Waals surface area (Å²) in [6, 6.07) is 7.32. The van der Waals surface area contributed by atoms with Gasteiger partial charge in [0.2, 0.25) is 0 Å². The number of hydrogen-bond acceptors (Lipinski definition) is 3. The first kappa shape index (κ1) is 15.5. The Bertz CT molecular complexity index is 444. The van der Waals surface area contributed by atoms with Gasteiger partial charge in [0.1, 0.15) is 0 Å². The van der Waals surface area contributed by atoms with Crippen molar-refractivity contribution in [2.24, 2.45) is 5.73 Å². The predicted octanol–water partition coefficient (Wildman–Crippen LogP) is 2.33. The van der Waals surface area contributed by atoms with Gasteiger partial charge in [0.25, 0.3) is 0 Å². The van der Waals surface area contributed by atoms with Gasteiger partial charge >= 0.3 is 0 Å². The summed E-state index contributed by atoms with van der Waals surface area (Å²) in [6.07, 6.45) is 2.59. The second kappa shape index (κ2) is 6.70. The van der Waals surface area contributed by atoms with E-state index in [0.717, 1.165) is 13.1 Å². The fraction of sp³-hybridized carbons (Fsp3) is 0.647. The van der Waals surface area contributed by atoms with Crippen molar-refractivity contribution >= 4 is 0 Å². The number of benzene rings is 1. The minimum absolute atomic E-state index is 0.104. The predicted molar refractivity (Wildman–Crippen MR) is 86.0 cm³/mol. The van der Waals surface area contributed by atoms with E-state index < -0.39 is 0 Å². The molecule has 1 heterocycles. The van der Waals surface area contributed by atoms with Crippen LogP contribution in [0.1, 0.15) is 35.6 Å². The van der Waals surface area contributed by atoms with Gasteiger partial charge in [-0.15, -0.1) is 0 Å². The van der Waals surface area contributed by atoms with Crippen molar-refractivity contribution in [1.82, 2.24) is 9.80 Å². The van der Waals surface area contributed by atoms with E-state index in [9.17, 15) is 0 Å². The maximum absolute atomic E-state index is 6.45. The van der Waals surface area contributed by atoms with Crippen LogP contribution >= 0.6 is 0 Å².